The fourth-order valence-corrected chi connectivity index (χ4v) is 2.03. The molecule has 2 aliphatic heterocycles. The number of rotatable bonds is 1. The predicted octanol–water partition coefficient (Wildman–Crippen LogP) is -0.241. The molecule has 2 unspecified atom stereocenters. The summed E-state index contributed by atoms with van der Waals surface area (Å²) in [5.41, 5.74) is 0. The second kappa shape index (κ2) is 3.64. The Morgan fingerprint density at radius 3 is 2.92 bits per heavy atom. The van der Waals surface area contributed by atoms with Gasteiger partial charge in [-0.1, -0.05) is 0 Å². The van der Waals surface area contributed by atoms with Crippen LogP contribution in [0.2, 0.25) is 0 Å². The number of carbonyl (C=O) groups excluding carboxylic acids is 1. The smallest absolute Gasteiger partial charge is 0.225 e. The van der Waals surface area contributed by atoms with Gasteiger partial charge in [0.1, 0.15) is 0 Å². The minimum Gasteiger partial charge on any atom is -0.391 e. The quantitative estimate of drug-likeness (QED) is 0.613. The summed E-state index contributed by atoms with van der Waals surface area (Å²) in [6, 6.07) is 0.207. The van der Waals surface area contributed by atoms with Crippen molar-refractivity contribution in [3.05, 3.63) is 0 Å². The summed E-state index contributed by atoms with van der Waals surface area (Å²) in [6.07, 6.45) is 1.86. The molecule has 0 aromatic heterocycles. The summed E-state index contributed by atoms with van der Waals surface area (Å²) in [5, 5.41) is 9.30. The average molecular weight is 185 g/mol. The number of β-amino-alcohol motifs (C(OH)–C–C–N with tert-alkyl or cyclic N) is 1. The van der Waals surface area contributed by atoms with Crippen molar-refractivity contribution in [1.29, 1.82) is 0 Å². The van der Waals surface area contributed by atoms with Crippen LogP contribution in [0, 0.1) is 0 Å². The molecule has 4 heteroatoms. The van der Waals surface area contributed by atoms with E-state index in [1.54, 1.807) is 4.90 Å². The summed E-state index contributed by atoms with van der Waals surface area (Å²) in [5.74, 6) is 0.0722. The first-order valence-corrected chi connectivity index (χ1v) is 4.82. The normalized spacial score (nSPS) is 35.5. The van der Waals surface area contributed by atoms with Gasteiger partial charge in [0.05, 0.1) is 25.2 Å². The summed E-state index contributed by atoms with van der Waals surface area (Å²) < 4.78 is 5.30. The lowest BCUT2D eigenvalue weighted by Crippen LogP contribution is -2.42. The highest BCUT2D eigenvalue weighted by Crippen LogP contribution is 2.20. The van der Waals surface area contributed by atoms with Gasteiger partial charge in [-0.2, -0.15) is 0 Å². The second-order valence-electron chi connectivity index (χ2n) is 3.78. The van der Waals surface area contributed by atoms with Crippen molar-refractivity contribution in [3.63, 3.8) is 0 Å². The van der Waals surface area contributed by atoms with Crippen LogP contribution in [0.15, 0.2) is 0 Å². The van der Waals surface area contributed by atoms with Crippen molar-refractivity contribution in [1.82, 2.24) is 4.90 Å². The van der Waals surface area contributed by atoms with Crippen molar-refractivity contribution in [2.24, 2.45) is 0 Å². The molecule has 1 amide bonds. The molecule has 2 rings (SSSR count). The molecule has 13 heavy (non-hydrogen) atoms. The maximum absolute atomic E-state index is 11.4. The highest BCUT2D eigenvalue weighted by molar-refractivity contribution is 5.79. The first-order chi connectivity index (χ1) is 6.27. The molecule has 1 N–H and O–H groups in total. The van der Waals surface area contributed by atoms with E-state index < -0.39 is 6.10 Å². The number of aliphatic hydroxyl groups is 1. The third-order valence-electron chi connectivity index (χ3n) is 2.72. The molecular weight excluding hydrogens is 170 g/mol. The molecule has 2 saturated heterocycles. The molecule has 0 bridgehead atoms. The first kappa shape index (κ1) is 8.97. The number of carbonyl (C=O) groups is 1. The summed E-state index contributed by atoms with van der Waals surface area (Å²) in [6.45, 7) is 1.94. The third kappa shape index (κ3) is 1.84. The van der Waals surface area contributed by atoms with Gasteiger partial charge >= 0.3 is 0 Å². The van der Waals surface area contributed by atoms with Crippen LogP contribution in [-0.4, -0.2) is 47.8 Å². The molecule has 0 spiro atoms. The van der Waals surface area contributed by atoms with Crippen LogP contribution in [0.5, 0.6) is 0 Å². The van der Waals surface area contributed by atoms with Crippen LogP contribution in [0.4, 0.5) is 0 Å². The average Bonchev–Trinajstić information content (AvgIpc) is 2.47. The molecule has 0 aromatic rings. The zero-order chi connectivity index (χ0) is 9.26. The molecule has 0 aliphatic carbocycles. The molecule has 0 saturated carbocycles. The number of aliphatic hydroxyl groups excluding tert-OH is 1. The molecule has 74 valence electrons. The minimum absolute atomic E-state index is 0.0722. The van der Waals surface area contributed by atoms with Crippen LogP contribution >= 0.6 is 0 Å². The van der Waals surface area contributed by atoms with Gasteiger partial charge in [0.2, 0.25) is 5.91 Å². The monoisotopic (exact) mass is 185 g/mol. The molecule has 2 heterocycles. The number of hydrogen-bond donors (Lipinski definition) is 1. The lowest BCUT2D eigenvalue weighted by Gasteiger charge is -2.30. The van der Waals surface area contributed by atoms with E-state index in [0.29, 0.717) is 13.2 Å². The van der Waals surface area contributed by atoms with Crippen LogP contribution in [0.25, 0.3) is 0 Å². The Balaban J connectivity index is 1.95. The van der Waals surface area contributed by atoms with E-state index in [-0.39, 0.29) is 18.4 Å². The van der Waals surface area contributed by atoms with Crippen LogP contribution in [0.1, 0.15) is 19.3 Å². The summed E-state index contributed by atoms with van der Waals surface area (Å²) in [7, 11) is 0. The van der Waals surface area contributed by atoms with Crippen molar-refractivity contribution in [3.8, 4) is 0 Å². The molecule has 2 aliphatic rings. The zero-order valence-corrected chi connectivity index (χ0v) is 7.61. The number of ether oxygens (including phenoxy) is 1. The standard InChI is InChI=1S/C9H15NO3/c11-8-4-9(12)10(5-8)7-2-1-3-13-6-7/h7-8,11H,1-6H2. The van der Waals surface area contributed by atoms with E-state index in [1.807, 2.05) is 0 Å². The van der Waals surface area contributed by atoms with Gasteiger partial charge in [-0.3, -0.25) is 4.79 Å². The molecule has 4 nitrogen and oxygen atoms in total. The Labute approximate surface area is 77.5 Å². The van der Waals surface area contributed by atoms with Gasteiger partial charge in [0.15, 0.2) is 0 Å². The van der Waals surface area contributed by atoms with E-state index in [1.165, 1.54) is 0 Å². The van der Waals surface area contributed by atoms with Gasteiger partial charge in [-0.15, -0.1) is 0 Å². The predicted molar refractivity (Wildman–Crippen MR) is 46.2 cm³/mol. The number of amides is 1. The lowest BCUT2D eigenvalue weighted by molar-refractivity contribution is -0.132. The molecule has 2 atom stereocenters. The SMILES string of the molecule is O=C1CC(O)CN1C1CCCOC1. The number of likely N-dealkylation sites (tertiary alicyclic amines) is 1. The highest BCUT2D eigenvalue weighted by Gasteiger charge is 2.33. The maximum Gasteiger partial charge on any atom is 0.225 e. The Kier molecular flexibility index (Phi) is 2.51. The van der Waals surface area contributed by atoms with Crippen LogP contribution in [-0.2, 0) is 9.53 Å². The molecule has 0 aromatic carbocycles. The Bertz CT molecular complexity index is 201. The fourth-order valence-electron chi connectivity index (χ4n) is 2.03. The van der Waals surface area contributed by atoms with Gasteiger partial charge in [0, 0.05) is 13.2 Å². The highest BCUT2D eigenvalue weighted by atomic mass is 16.5. The second-order valence-corrected chi connectivity index (χ2v) is 3.78. The Morgan fingerprint density at radius 2 is 2.38 bits per heavy atom. The summed E-state index contributed by atoms with van der Waals surface area (Å²) >= 11 is 0. The van der Waals surface area contributed by atoms with Gasteiger partial charge < -0.3 is 14.7 Å². The third-order valence-corrected chi connectivity index (χ3v) is 2.72. The first-order valence-electron chi connectivity index (χ1n) is 4.82. The van der Waals surface area contributed by atoms with E-state index >= 15 is 0 Å². The van der Waals surface area contributed by atoms with Crippen molar-refractivity contribution in [2.45, 2.75) is 31.4 Å². The van der Waals surface area contributed by atoms with E-state index in [0.717, 1.165) is 19.4 Å². The van der Waals surface area contributed by atoms with Gasteiger partial charge in [-0.25, -0.2) is 0 Å². The largest absolute Gasteiger partial charge is 0.391 e. The van der Waals surface area contributed by atoms with E-state index in [4.69, 9.17) is 4.74 Å². The van der Waals surface area contributed by atoms with Gasteiger partial charge in [0.25, 0.3) is 0 Å². The van der Waals surface area contributed by atoms with Crippen molar-refractivity contribution >= 4 is 5.91 Å². The molecule has 2 fully saturated rings. The molecular formula is C9H15NO3. The number of nitrogens with zero attached hydrogens (tertiary/aromatic N) is 1. The fraction of sp³-hybridized carbons (Fsp3) is 0.889. The molecule has 0 radical (unpaired) electrons. The lowest BCUT2D eigenvalue weighted by atomic mass is 10.1. The zero-order valence-electron chi connectivity index (χ0n) is 7.61. The van der Waals surface area contributed by atoms with E-state index in [2.05, 4.69) is 0 Å². The maximum atomic E-state index is 11.4. The number of hydrogen-bond acceptors (Lipinski definition) is 3. The van der Waals surface area contributed by atoms with Crippen LogP contribution < -0.4 is 0 Å². The summed E-state index contributed by atoms with van der Waals surface area (Å²) in [4.78, 5) is 13.2. The van der Waals surface area contributed by atoms with E-state index in [9.17, 15) is 9.90 Å². The Morgan fingerprint density at radius 1 is 1.54 bits per heavy atom. The Hall–Kier alpha value is -0.610. The van der Waals surface area contributed by atoms with Crippen molar-refractivity contribution < 1.29 is 14.6 Å². The van der Waals surface area contributed by atoms with Crippen LogP contribution in [0.3, 0.4) is 0 Å². The van der Waals surface area contributed by atoms with Crippen molar-refractivity contribution in [2.75, 3.05) is 19.8 Å². The van der Waals surface area contributed by atoms with Gasteiger partial charge in [-0.05, 0) is 12.8 Å². The topological polar surface area (TPSA) is 49.8 Å². The minimum atomic E-state index is -0.463.